The van der Waals surface area contributed by atoms with E-state index in [1.165, 1.54) is 6.07 Å². The molecule has 96 valence electrons. The Kier molecular flexibility index (Phi) is 3.55. The van der Waals surface area contributed by atoms with Gasteiger partial charge in [0, 0.05) is 0 Å². The molecular weight excluding hydrogens is 257 g/mol. The van der Waals surface area contributed by atoms with E-state index in [0.29, 0.717) is 12.8 Å². The van der Waals surface area contributed by atoms with Crippen LogP contribution >= 0.6 is 0 Å². The SMILES string of the molecule is O=S(=O)(Nc1ccc(F)cc1C#CCO)C1CC1. The lowest BCUT2D eigenvalue weighted by Crippen LogP contribution is -2.18. The van der Waals surface area contributed by atoms with Gasteiger partial charge >= 0.3 is 0 Å². The maximum absolute atomic E-state index is 13.1. The van der Waals surface area contributed by atoms with Gasteiger partial charge in [0.1, 0.15) is 12.4 Å². The van der Waals surface area contributed by atoms with Crippen molar-refractivity contribution in [2.45, 2.75) is 18.1 Å². The molecule has 1 fully saturated rings. The normalized spacial score (nSPS) is 14.8. The lowest BCUT2D eigenvalue weighted by atomic mass is 10.2. The molecule has 1 aromatic carbocycles. The van der Waals surface area contributed by atoms with E-state index in [9.17, 15) is 12.8 Å². The molecule has 0 unspecified atom stereocenters. The summed E-state index contributed by atoms with van der Waals surface area (Å²) >= 11 is 0. The fourth-order valence-corrected chi connectivity index (χ4v) is 2.87. The van der Waals surface area contributed by atoms with Gasteiger partial charge in [-0.25, -0.2) is 12.8 Å². The summed E-state index contributed by atoms with van der Waals surface area (Å²) in [5.74, 6) is 4.38. The maximum atomic E-state index is 13.1. The van der Waals surface area contributed by atoms with E-state index >= 15 is 0 Å². The second-order valence-electron chi connectivity index (χ2n) is 4.00. The molecule has 1 aliphatic rings. The van der Waals surface area contributed by atoms with E-state index in [-0.39, 0.29) is 23.1 Å². The summed E-state index contributed by atoms with van der Waals surface area (Å²) in [6.07, 6.45) is 1.29. The average Bonchev–Trinajstić information content (AvgIpc) is 3.13. The van der Waals surface area contributed by atoms with Crippen molar-refractivity contribution >= 4 is 15.7 Å². The van der Waals surface area contributed by atoms with Crippen LogP contribution in [0.3, 0.4) is 0 Å². The Morgan fingerprint density at radius 1 is 1.44 bits per heavy atom. The fraction of sp³-hybridized carbons (Fsp3) is 0.333. The van der Waals surface area contributed by atoms with Crippen LogP contribution in [0.4, 0.5) is 10.1 Å². The molecule has 1 aliphatic carbocycles. The van der Waals surface area contributed by atoms with Crippen LogP contribution < -0.4 is 4.72 Å². The van der Waals surface area contributed by atoms with E-state index in [1.54, 1.807) is 0 Å². The Morgan fingerprint density at radius 3 is 2.78 bits per heavy atom. The van der Waals surface area contributed by atoms with Gasteiger partial charge in [-0.1, -0.05) is 11.8 Å². The van der Waals surface area contributed by atoms with E-state index in [0.717, 1.165) is 12.1 Å². The minimum Gasteiger partial charge on any atom is -0.384 e. The van der Waals surface area contributed by atoms with Crippen LogP contribution in [0.25, 0.3) is 0 Å². The maximum Gasteiger partial charge on any atom is 0.235 e. The first-order valence-electron chi connectivity index (χ1n) is 5.44. The number of benzene rings is 1. The largest absolute Gasteiger partial charge is 0.384 e. The second-order valence-corrected chi connectivity index (χ2v) is 5.96. The van der Waals surface area contributed by atoms with E-state index < -0.39 is 15.8 Å². The molecule has 2 N–H and O–H groups in total. The zero-order chi connectivity index (χ0) is 13.2. The molecule has 0 atom stereocenters. The zero-order valence-electron chi connectivity index (χ0n) is 9.48. The second kappa shape index (κ2) is 4.96. The first-order valence-corrected chi connectivity index (χ1v) is 6.98. The van der Waals surface area contributed by atoms with Crippen molar-refractivity contribution in [2.75, 3.05) is 11.3 Å². The van der Waals surface area contributed by atoms with Gasteiger partial charge in [-0.2, -0.15) is 0 Å². The summed E-state index contributed by atoms with van der Waals surface area (Å²) in [5, 5.41) is 8.25. The summed E-state index contributed by atoms with van der Waals surface area (Å²) in [6, 6.07) is 3.62. The highest BCUT2D eigenvalue weighted by Crippen LogP contribution is 2.30. The highest BCUT2D eigenvalue weighted by Gasteiger charge is 2.35. The lowest BCUT2D eigenvalue weighted by molar-refractivity contribution is 0.350. The predicted molar refractivity (Wildman–Crippen MR) is 65.9 cm³/mol. The van der Waals surface area contributed by atoms with Crippen LogP contribution in [0.1, 0.15) is 18.4 Å². The molecule has 0 heterocycles. The average molecular weight is 269 g/mol. The molecule has 0 aliphatic heterocycles. The first kappa shape index (κ1) is 12.9. The van der Waals surface area contributed by atoms with Crippen LogP contribution in [0.15, 0.2) is 18.2 Å². The van der Waals surface area contributed by atoms with Crippen molar-refractivity contribution in [1.29, 1.82) is 0 Å². The quantitative estimate of drug-likeness (QED) is 0.807. The van der Waals surface area contributed by atoms with Gasteiger partial charge in [-0.3, -0.25) is 4.72 Å². The smallest absolute Gasteiger partial charge is 0.235 e. The van der Waals surface area contributed by atoms with Crippen molar-refractivity contribution in [2.24, 2.45) is 0 Å². The van der Waals surface area contributed by atoms with Gasteiger partial charge in [0.15, 0.2) is 0 Å². The van der Waals surface area contributed by atoms with Crippen LogP contribution in [-0.2, 0) is 10.0 Å². The minimum absolute atomic E-state index is 0.216. The molecule has 0 saturated heterocycles. The molecule has 6 heteroatoms. The number of hydrogen-bond donors (Lipinski definition) is 2. The molecule has 1 aromatic rings. The third-order valence-electron chi connectivity index (χ3n) is 2.50. The minimum atomic E-state index is -3.40. The van der Waals surface area contributed by atoms with Crippen molar-refractivity contribution in [1.82, 2.24) is 0 Å². The van der Waals surface area contributed by atoms with Crippen molar-refractivity contribution in [3.8, 4) is 11.8 Å². The number of hydrogen-bond acceptors (Lipinski definition) is 3. The van der Waals surface area contributed by atoms with Gasteiger partial charge in [0.2, 0.25) is 10.0 Å². The Bertz CT molecular complexity index is 612. The topological polar surface area (TPSA) is 66.4 Å². The third-order valence-corrected chi connectivity index (χ3v) is 4.35. The number of aliphatic hydroxyl groups is 1. The van der Waals surface area contributed by atoms with Crippen molar-refractivity contribution in [3.63, 3.8) is 0 Å². The lowest BCUT2D eigenvalue weighted by Gasteiger charge is -2.09. The highest BCUT2D eigenvalue weighted by molar-refractivity contribution is 7.93. The fourth-order valence-electron chi connectivity index (χ4n) is 1.46. The number of sulfonamides is 1. The summed E-state index contributed by atoms with van der Waals surface area (Å²) in [4.78, 5) is 0. The summed E-state index contributed by atoms with van der Waals surface area (Å²) in [6.45, 7) is -0.370. The molecule has 0 radical (unpaired) electrons. The molecule has 2 rings (SSSR count). The molecule has 0 amide bonds. The van der Waals surface area contributed by atoms with Gasteiger partial charge in [0.05, 0.1) is 16.5 Å². The molecular formula is C12H12FNO3S. The van der Waals surface area contributed by atoms with E-state index in [1.807, 2.05) is 0 Å². The summed E-state index contributed by atoms with van der Waals surface area (Å²) in [5.41, 5.74) is 0.456. The van der Waals surface area contributed by atoms with Crippen molar-refractivity contribution in [3.05, 3.63) is 29.6 Å². The molecule has 0 bridgehead atoms. The van der Waals surface area contributed by atoms with Crippen LogP contribution in [0, 0.1) is 17.7 Å². The molecule has 4 nitrogen and oxygen atoms in total. The number of anilines is 1. The molecule has 0 spiro atoms. The van der Waals surface area contributed by atoms with Gasteiger partial charge in [-0.05, 0) is 31.0 Å². The number of halogens is 1. The Morgan fingerprint density at radius 2 is 2.17 bits per heavy atom. The number of nitrogens with one attached hydrogen (secondary N) is 1. The van der Waals surface area contributed by atoms with Gasteiger partial charge in [-0.15, -0.1) is 0 Å². The summed E-state index contributed by atoms with van der Waals surface area (Å²) in [7, 11) is -3.40. The van der Waals surface area contributed by atoms with Crippen molar-refractivity contribution < 1.29 is 17.9 Å². The standard InChI is InChI=1S/C12H12FNO3S/c13-10-3-6-12(9(8-10)2-1-7-15)14-18(16,17)11-4-5-11/h3,6,8,11,14-15H,4-5,7H2. The highest BCUT2D eigenvalue weighted by atomic mass is 32.2. The Labute approximate surface area is 105 Å². The number of aliphatic hydroxyl groups excluding tert-OH is 1. The van der Waals surface area contributed by atoms with Crippen LogP contribution in [0.2, 0.25) is 0 Å². The van der Waals surface area contributed by atoms with Crippen LogP contribution in [0.5, 0.6) is 0 Å². The van der Waals surface area contributed by atoms with Crippen LogP contribution in [-0.4, -0.2) is 25.4 Å². The predicted octanol–water partition coefficient (Wildman–Crippen LogP) is 1.07. The zero-order valence-corrected chi connectivity index (χ0v) is 10.3. The van der Waals surface area contributed by atoms with E-state index in [2.05, 4.69) is 16.6 Å². The van der Waals surface area contributed by atoms with E-state index in [4.69, 9.17) is 5.11 Å². The molecule has 18 heavy (non-hydrogen) atoms. The molecule has 1 saturated carbocycles. The molecule has 0 aromatic heterocycles. The Balaban J connectivity index is 2.32. The van der Waals surface area contributed by atoms with Gasteiger partial charge in [0.25, 0.3) is 0 Å². The third kappa shape index (κ3) is 3.00. The Hall–Kier alpha value is -1.58. The monoisotopic (exact) mass is 269 g/mol. The first-order chi connectivity index (χ1) is 8.53. The number of rotatable bonds is 3. The van der Waals surface area contributed by atoms with Gasteiger partial charge < -0.3 is 5.11 Å². The summed E-state index contributed by atoms with van der Waals surface area (Å²) < 4.78 is 39.0.